The largest absolute Gasteiger partial charge is 0.336 e. The highest BCUT2D eigenvalue weighted by molar-refractivity contribution is 6.31. The molecule has 0 N–H and O–H groups in total. The number of anilines is 1. The van der Waals surface area contributed by atoms with Crippen LogP contribution in [-0.2, 0) is 20.1 Å². The molecule has 1 aromatic carbocycles. The molecule has 1 saturated heterocycles. The average Bonchev–Trinajstić information content (AvgIpc) is 3.12. The molecule has 0 saturated carbocycles. The molecule has 23 heavy (non-hydrogen) atoms. The summed E-state index contributed by atoms with van der Waals surface area (Å²) in [6, 6.07) is 5.33. The quantitative estimate of drug-likeness (QED) is 0.345. The Kier molecular flexibility index (Phi) is 4.73. The third kappa shape index (κ3) is 2.88. The lowest BCUT2D eigenvalue weighted by atomic mass is 10.1. The molecule has 7 nitrogen and oxygen atoms in total. The highest BCUT2D eigenvalue weighted by atomic mass is 35.5. The van der Waals surface area contributed by atoms with Gasteiger partial charge >= 0.3 is 0 Å². The van der Waals surface area contributed by atoms with Crippen molar-refractivity contribution in [2.75, 3.05) is 31.2 Å². The zero-order chi connectivity index (χ0) is 16.3. The van der Waals surface area contributed by atoms with Gasteiger partial charge < -0.3 is 14.4 Å². The van der Waals surface area contributed by atoms with Crippen molar-refractivity contribution < 1.29 is 14.3 Å². The van der Waals surface area contributed by atoms with Crippen LogP contribution in [0, 0.1) is 0 Å². The summed E-state index contributed by atoms with van der Waals surface area (Å²) in [6.07, 6.45) is 2.49. The number of ether oxygens (including phenoxy) is 2. The van der Waals surface area contributed by atoms with Crippen LogP contribution in [-0.4, -0.2) is 32.2 Å². The van der Waals surface area contributed by atoms with Gasteiger partial charge in [-0.05, 0) is 36.6 Å². The van der Waals surface area contributed by atoms with E-state index in [1.165, 1.54) is 0 Å². The van der Waals surface area contributed by atoms with Gasteiger partial charge in [-0.3, -0.25) is 4.79 Å². The summed E-state index contributed by atoms with van der Waals surface area (Å²) in [5.74, 6) is -1.52. The van der Waals surface area contributed by atoms with Gasteiger partial charge in [0.1, 0.15) is 0 Å². The zero-order valence-electron chi connectivity index (χ0n) is 12.6. The number of fused-ring (bicyclic) bond motifs is 2. The normalized spacial score (nSPS) is 18.3. The molecular formula is C15H17ClN4O3. The molecule has 2 aliphatic rings. The second-order valence-corrected chi connectivity index (χ2v) is 5.88. The number of azide groups is 1. The number of rotatable bonds is 6. The molecule has 3 rings (SSSR count). The molecule has 1 amide bonds. The fourth-order valence-electron chi connectivity index (χ4n) is 3.00. The summed E-state index contributed by atoms with van der Waals surface area (Å²) in [5.41, 5.74) is 9.72. The summed E-state index contributed by atoms with van der Waals surface area (Å²) in [4.78, 5) is 17.3. The minimum absolute atomic E-state index is 0.192. The maximum absolute atomic E-state index is 12.8. The maximum Gasteiger partial charge on any atom is 0.292 e. The standard InChI is InChI=1S/C15H17ClN4O3/c16-11-4-5-13-12(10-11)15(22-8-9-23-15)14(21)20(13)7-3-1-2-6-18-19-17/h4-5,10H,1-3,6-9H2. The molecule has 0 unspecified atom stereocenters. The van der Waals surface area contributed by atoms with E-state index in [4.69, 9.17) is 26.6 Å². The van der Waals surface area contributed by atoms with Crippen molar-refractivity contribution >= 4 is 23.2 Å². The summed E-state index contributed by atoms with van der Waals surface area (Å²) >= 11 is 6.08. The lowest BCUT2D eigenvalue weighted by Gasteiger charge is -2.22. The van der Waals surface area contributed by atoms with Gasteiger partial charge in [-0.25, -0.2) is 0 Å². The highest BCUT2D eigenvalue weighted by Crippen LogP contribution is 2.46. The molecule has 0 aliphatic carbocycles. The second kappa shape index (κ2) is 6.76. The number of halogens is 1. The minimum atomic E-state index is -1.33. The Morgan fingerprint density at radius 2 is 2.09 bits per heavy atom. The van der Waals surface area contributed by atoms with Crippen molar-refractivity contribution in [3.05, 3.63) is 39.2 Å². The number of benzene rings is 1. The summed E-state index contributed by atoms with van der Waals surface area (Å²) in [5, 5.41) is 4.05. The van der Waals surface area contributed by atoms with E-state index < -0.39 is 5.79 Å². The number of carbonyl (C=O) groups excluding carboxylic acids is 1. The average molecular weight is 337 g/mol. The van der Waals surface area contributed by atoms with E-state index in [9.17, 15) is 4.79 Å². The number of hydrogen-bond acceptors (Lipinski definition) is 4. The van der Waals surface area contributed by atoms with Crippen molar-refractivity contribution in [2.45, 2.75) is 25.0 Å². The second-order valence-electron chi connectivity index (χ2n) is 5.45. The molecule has 2 heterocycles. The third-order valence-electron chi connectivity index (χ3n) is 4.03. The van der Waals surface area contributed by atoms with E-state index in [1.807, 2.05) is 6.07 Å². The molecule has 2 aliphatic heterocycles. The topological polar surface area (TPSA) is 87.5 Å². The first kappa shape index (κ1) is 16.1. The number of carbonyl (C=O) groups is 1. The van der Waals surface area contributed by atoms with E-state index in [-0.39, 0.29) is 5.91 Å². The molecule has 0 atom stereocenters. The van der Waals surface area contributed by atoms with E-state index in [0.29, 0.717) is 36.9 Å². The van der Waals surface area contributed by atoms with E-state index in [1.54, 1.807) is 17.0 Å². The fourth-order valence-corrected chi connectivity index (χ4v) is 3.17. The molecule has 1 spiro atoms. The highest BCUT2D eigenvalue weighted by Gasteiger charge is 2.55. The molecule has 0 aromatic heterocycles. The molecule has 1 fully saturated rings. The Morgan fingerprint density at radius 1 is 1.30 bits per heavy atom. The van der Waals surface area contributed by atoms with Gasteiger partial charge in [-0.15, -0.1) is 0 Å². The van der Waals surface area contributed by atoms with Crippen LogP contribution < -0.4 is 4.90 Å². The molecular weight excluding hydrogens is 320 g/mol. The smallest absolute Gasteiger partial charge is 0.292 e. The van der Waals surface area contributed by atoms with Crippen molar-refractivity contribution in [1.29, 1.82) is 0 Å². The van der Waals surface area contributed by atoms with Gasteiger partial charge in [-0.1, -0.05) is 23.1 Å². The Balaban J connectivity index is 1.74. The predicted molar refractivity (Wildman–Crippen MR) is 85.3 cm³/mol. The predicted octanol–water partition coefficient (Wildman–Crippen LogP) is 3.37. The molecule has 0 radical (unpaired) electrons. The fraction of sp³-hybridized carbons (Fsp3) is 0.533. The number of unbranched alkanes of at least 4 members (excludes halogenated alkanes) is 2. The van der Waals surface area contributed by atoms with Gasteiger partial charge in [0.05, 0.1) is 18.9 Å². The lowest BCUT2D eigenvalue weighted by Crippen LogP contribution is -2.41. The van der Waals surface area contributed by atoms with E-state index in [0.717, 1.165) is 24.9 Å². The third-order valence-corrected chi connectivity index (χ3v) is 4.26. The zero-order valence-corrected chi connectivity index (χ0v) is 13.3. The van der Waals surface area contributed by atoms with Crippen LogP contribution in [0.3, 0.4) is 0 Å². The van der Waals surface area contributed by atoms with Gasteiger partial charge in [-0.2, -0.15) is 0 Å². The van der Waals surface area contributed by atoms with Crippen molar-refractivity contribution in [1.82, 2.24) is 0 Å². The van der Waals surface area contributed by atoms with E-state index in [2.05, 4.69) is 10.0 Å². The van der Waals surface area contributed by atoms with E-state index >= 15 is 0 Å². The Hall–Kier alpha value is -1.79. The molecule has 8 heteroatoms. The summed E-state index contributed by atoms with van der Waals surface area (Å²) in [6.45, 7) is 1.82. The van der Waals surface area contributed by atoms with Crippen LogP contribution in [0.2, 0.25) is 5.02 Å². The number of nitrogens with zero attached hydrogens (tertiary/aromatic N) is 4. The van der Waals surface area contributed by atoms with Gasteiger partial charge in [0.25, 0.3) is 11.7 Å². The SMILES string of the molecule is [N-]=[N+]=NCCCCCN1C(=O)C2(OCCO2)c2cc(Cl)ccc21. The van der Waals surface area contributed by atoms with Gasteiger partial charge in [0, 0.05) is 28.6 Å². The minimum Gasteiger partial charge on any atom is -0.336 e. The Labute approximate surface area is 138 Å². The van der Waals surface area contributed by atoms with Crippen molar-refractivity contribution in [3.63, 3.8) is 0 Å². The van der Waals surface area contributed by atoms with Crippen LogP contribution in [0.5, 0.6) is 0 Å². The van der Waals surface area contributed by atoms with Crippen molar-refractivity contribution in [2.24, 2.45) is 5.11 Å². The van der Waals surface area contributed by atoms with Crippen LogP contribution >= 0.6 is 11.6 Å². The van der Waals surface area contributed by atoms with Crippen LogP contribution in [0.4, 0.5) is 5.69 Å². The summed E-state index contributed by atoms with van der Waals surface area (Å²) < 4.78 is 11.3. The van der Waals surface area contributed by atoms with Gasteiger partial charge in [0.2, 0.25) is 0 Å². The Bertz CT molecular complexity index is 654. The van der Waals surface area contributed by atoms with Crippen LogP contribution in [0.15, 0.2) is 23.3 Å². The molecule has 1 aromatic rings. The Morgan fingerprint density at radius 3 is 2.83 bits per heavy atom. The first-order valence-electron chi connectivity index (χ1n) is 7.60. The maximum atomic E-state index is 12.8. The number of hydrogen-bond donors (Lipinski definition) is 0. The number of amides is 1. The molecule has 122 valence electrons. The first-order valence-corrected chi connectivity index (χ1v) is 7.97. The monoisotopic (exact) mass is 336 g/mol. The first-order chi connectivity index (χ1) is 11.2. The molecule has 0 bridgehead atoms. The van der Waals surface area contributed by atoms with Crippen molar-refractivity contribution in [3.8, 4) is 0 Å². The lowest BCUT2D eigenvalue weighted by molar-refractivity contribution is -0.180. The van der Waals surface area contributed by atoms with Gasteiger partial charge in [0.15, 0.2) is 0 Å². The van der Waals surface area contributed by atoms with Crippen LogP contribution in [0.25, 0.3) is 10.4 Å². The summed E-state index contributed by atoms with van der Waals surface area (Å²) in [7, 11) is 0. The van der Waals surface area contributed by atoms with Crippen LogP contribution in [0.1, 0.15) is 24.8 Å².